The van der Waals surface area contributed by atoms with Crippen molar-refractivity contribution in [2.24, 2.45) is 14.1 Å². The highest BCUT2D eigenvalue weighted by Gasteiger charge is 2.41. The van der Waals surface area contributed by atoms with Crippen LogP contribution in [0.2, 0.25) is 0 Å². The number of carbonyl (C=O) groups excluding carboxylic acids is 2. The van der Waals surface area contributed by atoms with Crippen molar-refractivity contribution in [3.63, 3.8) is 0 Å². The predicted octanol–water partition coefficient (Wildman–Crippen LogP) is 0.270. The van der Waals surface area contributed by atoms with Crippen LogP contribution in [0.25, 0.3) is 6.08 Å². The van der Waals surface area contributed by atoms with Gasteiger partial charge in [-0.25, -0.2) is 14.4 Å². The highest BCUT2D eigenvalue weighted by Crippen LogP contribution is 2.27. The van der Waals surface area contributed by atoms with Crippen molar-refractivity contribution in [1.82, 2.24) is 9.13 Å². The Morgan fingerprint density at radius 2 is 1.61 bits per heavy atom. The SMILES string of the molecule is CCCC1(C)OC(=O)C(=C/C=C/C=C/c2c([O-])n(C)c(=O)n(C)c2=O)C(=O)O1. The number of aromatic nitrogens is 2. The number of allylic oxidation sites excluding steroid dienone is 4. The van der Waals surface area contributed by atoms with Crippen LogP contribution in [0.4, 0.5) is 0 Å². The summed E-state index contributed by atoms with van der Waals surface area (Å²) in [4.78, 5) is 47.7. The monoisotopic (exact) mass is 389 g/mol. The fraction of sp³-hybridized carbons (Fsp3) is 0.368. The van der Waals surface area contributed by atoms with Gasteiger partial charge in [-0.1, -0.05) is 25.2 Å². The number of ether oxygens (including phenoxy) is 2. The van der Waals surface area contributed by atoms with Crippen molar-refractivity contribution in [1.29, 1.82) is 0 Å². The van der Waals surface area contributed by atoms with Gasteiger partial charge in [0.1, 0.15) is 5.57 Å². The van der Waals surface area contributed by atoms with Crippen molar-refractivity contribution in [3.05, 3.63) is 56.3 Å². The van der Waals surface area contributed by atoms with Crippen molar-refractivity contribution in [2.45, 2.75) is 32.5 Å². The van der Waals surface area contributed by atoms with Crippen LogP contribution in [0.5, 0.6) is 5.88 Å². The summed E-state index contributed by atoms with van der Waals surface area (Å²) >= 11 is 0. The zero-order valence-electron chi connectivity index (χ0n) is 16.1. The molecule has 0 atom stereocenters. The van der Waals surface area contributed by atoms with Crippen molar-refractivity contribution >= 4 is 18.0 Å². The summed E-state index contributed by atoms with van der Waals surface area (Å²) < 4.78 is 12.0. The van der Waals surface area contributed by atoms with E-state index >= 15 is 0 Å². The highest BCUT2D eigenvalue weighted by molar-refractivity contribution is 6.15. The highest BCUT2D eigenvalue weighted by atomic mass is 16.7. The molecule has 0 amide bonds. The lowest BCUT2D eigenvalue weighted by Gasteiger charge is -2.32. The second-order valence-corrected chi connectivity index (χ2v) is 6.41. The fourth-order valence-corrected chi connectivity index (χ4v) is 2.66. The molecule has 0 unspecified atom stereocenters. The molecule has 0 saturated carbocycles. The van der Waals surface area contributed by atoms with E-state index in [4.69, 9.17) is 9.47 Å². The summed E-state index contributed by atoms with van der Waals surface area (Å²) in [6.07, 6.45) is 7.69. The van der Waals surface area contributed by atoms with E-state index in [-0.39, 0.29) is 11.1 Å². The smallest absolute Gasteiger partial charge is 0.348 e. The third-order valence-corrected chi connectivity index (χ3v) is 4.15. The van der Waals surface area contributed by atoms with Gasteiger partial charge in [0, 0.05) is 33.0 Å². The third kappa shape index (κ3) is 4.13. The second kappa shape index (κ2) is 8.12. The zero-order chi connectivity index (χ0) is 21.1. The molecule has 2 heterocycles. The first kappa shape index (κ1) is 20.9. The lowest BCUT2D eigenvalue weighted by molar-refractivity contribution is -0.280. The molecule has 2 rings (SSSR count). The molecule has 1 aliphatic heterocycles. The molecule has 0 aliphatic carbocycles. The molecule has 1 aromatic heterocycles. The van der Waals surface area contributed by atoms with E-state index in [2.05, 4.69) is 0 Å². The molecule has 28 heavy (non-hydrogen) atoms. The zero-order valence-corrected chi connectivity index (χ0v) is 16.1. The largest absolute Gasteiger partial charge is 0.859 e. The molecule has 9 heteroatoms. The molecule has 9 nitrogen and oxygen atoms in total. The van der Waals surface area contributed by atoms with Crippen LogP contribution >= 0.6 is 0 Å². The Morgan fingerprint density at radius 1 is 1.00 bits per heavy atom. The molecule has 1 fully saturated rings. The van der Waals surface area contributed by atoms with Gasteiger partial charge < -0.3 is 19.1 Å². The van der Waals surface area contributed by atoms with Gasteiger partial charge in [-0.3, -0.25) is 9.36 Å². The molecule has 0 bridgehead atoms. The number of rotatable bonds is 5. The number of hydrogen-bond acceptors (Lipinski definition) is 7. The van der Waals surface area contributed by atoms with Crippen molar-refractivity contribution < 1.29 is 24.2 Å². The number of hydrogen-bond donors (Lipinski definition) is 0. The quantitative estimate of drug-likeness (QED) is 0.307. The molecule has 1 saturated heterocycles. The standard InChI is InChI=1S/C19H22N2O7/c1-5-11-19(2)27-16(24)13(17(25)28-19)10-8-6-7-9-12-14(22)20(3)18(26)21(4)15(12)23/h6-10,22H,5,11H2,1-4H3/p-1/b8-6+,9-7+,13-10?. The van der Waals surface area contributed by atoms with E-state index < -0.39 is 34.9 Å². The average molecular weight is 389 g/mol. The Labute approximate surface area is 160 Å². The Balaban J connectivity index is 2.19. The predicted molar refractivity (Wildman–Crippen MR) is 98.1 cm³/mol. The Morgan fingerprint density at radius 3 is 2.18 bits per heavy atom. The summed E-state index contributed by atoms with van der Waals surface area (Å²) in [5, 5.41) is 12.0. The minimum absolute atomic E-state index is 0.186. The van der Waals surface area contributed by atoms with Crippen LogP contribution in [0, 0.1) is 0 Å². The first-order valence-corrected chi connectivity index (χ1v) is 8.60. The molecule has 0 N–H and O–H groups in total. The minimum atomic E-state index is -1.27. The maximum absolute atomic E-state index is 12.0. The molecule has 0 radical (unpaired) electrons. The van der Waals surface area contributed by atoms with Crippen LogP contribution in [0.1, 0.15) is 32.3 Å². The summed E-state index contributed by atoms with van der Waals surface area (Å²) in [7, 11) is 2.54. The Hall–Kier alpha value is -3.36. The van der Waals surface area contributed by atoms with Gasteiger partial charge >= 0.3 is 17.6 Å². The van der Waals surface area contributed by atoms with Crippen LogP contribution in [0.3, 0.4) is 0 Å². The third-order valence-electron chi connectivity index (χ3n) is 4.15. The molecule has 0 spiro atoms. The van der Waals surface area contributed by atoms with Gasteiger partial charge in [-0.15, -0.1) is 0 Å². The fourth-order valence-electron chi connectivity index (χ4n) is 2.66. The average Bonchev–Trinajstić information content (AvgIpc) is 2.62. The summed E-state index contributed by atoms with van der Waals surface area (Å²) in [6.45, 7) is 3.40. The molecule has 0 aromatic carbocycles. The second-order valence-electron chi connectivity index (χ2n) is 6.41. The van der Waals surface area contributed by atoms with E-state index in [1.165, 1.54) is 51.4 Å². The van der Waals surface area contributed by atoms with Gasteiger partial charge in [-0.05, 0) is 24.5 Å². The normalized spacial score (nSPS) is 19.9. The van der Waals surface area contributed by atoms with Crippen LogP contribution in [0.15, 0.2) is 39.5 Å². The van der Waals surface area contributed by atoms with Crippen LogP contribution in [-0.2, 0) is 33.2 Å². The summed E-state index contributed by atoms with van der Waals surface area (Å²) in [5.74, 6) is -3.55. The van der Waals surface area contributed by atoms with Crippen LogP contribution in [-0.4, -0.2) is 26.9 Å². The van der Waals surface area contributed by atoms with Crippen molar-refractivity contribution in [2.75, 3.05) is 0 Å². The van der Waals surface area contributed by atoms with Gasteiger partial charge in [0.15, 0.2) is 0 Å². The van der Waals surface area contributed by atoms with Gasteiger partial charge in [0.05, 0.1) is 0 Å². The van der Waals surface area contributed by atoms with Gasteiger partial charge in [0.2, 0.25) is 0 Å². The Bertz CT molecular complexity index is 988. The maximum Gasteiger partial charge on any atom is 0.348 e. The molecule has 1 aliphatic rings. The number of nitrogens with zero attached hydrogens (tertiary/aromatic N) is 2. The summed E-state index contributed by atoms with van der Waals surface area (Å²) in [5.41, 5.74) is -1.88. The topological polar surface area (TPSA) is 120 Å². The number of carbonyl (C=O) groups is 2. The van der Waals surface area contributed by atoms with E-state index in [0.29, 0.717) is 12.8 Å². The van der Waals surface area contributed by atoms with E-state index in [0.717, 1.165) is 9.13 Å². The van der Waals surface area contributed by atoms with Gasteiger partial charge in [-0.2, -0.15) is 0 Å². The van der Waals surface area contributed by atoms with Crippen LogP contribution < -0.4 is 16.4 Å². The maximum atomic E-state index is 12.0. The number of cyclic esters (lactones) is 2. The number of esters is 2. The lowest BCUT2D eigenvalue weighted by Crippen LogP contribution is -2.44. The molecule has 150 valence electrons. The molecular formula is C19H21N2O7-. The van der Waals surface area contributed by atoms with E-state index in [1.807, 2.05) is 6.92 Å². The summed E-state index contributed by atoms with van der Waals surface area (Å²) in [6, 6.07) is 0. The van der Waals surface area contributed by atoms with Gasteiger partial charge in [0.25, 0.3) is 11.3 Å². The first-order chi connectivity index (χ1) is 13.1. The Kier molecular flexibility index (Phi) is 6.07. The van der Waals surface area contributed by atoms with E-state index in [1.54, 1.807) is 0 Å². The molecular weight excluding hydrogens is 368 g/mol. The first-order valence-electron chi connectivity index (χ1n) is 8.60. The van der Waals surface area contributed by atoms with Crippen molar-refractivity contribution in [3.8, 4) is 5.88 Å². The lowest BCUT2D eigenvalue weighted by atomic mass is 10.1. The minimum Gasteiger partial charge on any atom is -0.859 e. The van der Waals surface area contributed by atoms with E-state index in [9.17, 15) is 24.3 Å². The molecule has 1 aromatic rings.